The molecule has 0 spiro atoms. The van der Waals surface area contributed by atoms with Crippen molar-refractivity contribution in [2.24, 2.45) is 0 Å². The maximum atomic E-state index is 11.1. The number of quaternary nitrogens is 1. The molecular formula is C8H16BF6NO3S. The lowest BCUT2D eigenvalue weighted by Gasteiger charge is -2.27. The number of ether oxygens (including phenoxy) is 1. The average molecular weight is 331 g/mol. The Morgan fingerprint density at radius 2 is 1.55 bits per heavy atom. The molecule has 0 radical (unpaired) electrons. The number of alkyl halides is 3. The molecule has 1 aliphatic rings. The van der Waals surface area contributed by atoms with E-state index in [0.717, 1.165) is 11.2 Å². The van der Waals surface area contributed by atoms with Gasteiger partial charge < -0.3 is 22.2 Å². The molecule has 12 heteroatoms. The Bertz CT molecular complexity index is 381. The third kappa shape index (κ3) is 5.13. The van der Waals surface area contributed by atoms with Gasteiger partial charge in [-0.05, 0) is 0 Å². The van der Waals surface area contributed by atoms with E-state index in [-0.39, 0.29) is 0 Å². The van der Waals surface area contributed by atoms with Gasteiger partial charge in [0, 0.05) is 20.0 Å². The largest absolute Gasteiger partial charge is 0.616 e. The lowest BCUT2D eigenvalue weighted by atomic mass is 10.4. The molecule has 1 fully saturated rings. The molecule has 1 aliphatic heterocycles. The molecule has 4 nitrogen and oxygen atoms in total. The Morgan fingerprint density at radius 3 is 1.75 bits per heavy atom. The minimum absolute atomic E-state index is 0.889. The number of hydrogen-bond donors (Lipinski definition) is 0. The van der Waals surface area contributed by atoms with Gasteiger partial charge in [-0.1, -0.05) is 0 Å². The zero-order valence-electron chi connectivity index (χ0n) is 11.0. The fourth-order valence-corrected chi connectivity index (χ4v) is 1.99. The van der Waals surface area contributed by atoms with Crippen LogP contribution in [0.15, 0.2) is 0 Å². The summed E-state index contributed by atoms with van der Waals surface area (Å²) in [5.41, 5.74) is -6.24. The van der Waals surface area contributed by atoms with Crippen molar-refractivity contribution in [2.75, 3.05) is 34.0 Å². The third-order valence-corrected chi connectivity index (χ3v) is 4.11. The summed E-state index contributed by atoms with van der Waals surface area (Å²) in [5, 5.41) is 0. The highest BCUT2D eigenvalue weighted by Crippen LogP contribution is 2.33. The van der Waals surface area contributed by atoms with Crippen molar-refractivity contribution < 1.29 is 43.8 Å². The van der Waals surface area contributed by atoms with Crippen LogP contribution in [0.1, 0.15) is 12.8 Å². The zero-order chi connectivity index (χ0) is 16.2. The number of nitrogens with zero attached hydrogens (tertiary/aromatic N) is 1. The molecule has 122 valence electrons. The number of likely N-dealkylation sites (tertiary alicyclic amines) is 1. The molecule has 0 aromatic carbocycles. The van der Waals surface area contributed by atoms with Gasteiger partial charge in [-0.3, -0.25) is 8.42 Å². The molecule has 0 amide bonds. The highest BCUT2D eigenvalue weighted by molar-refractivity contribution is 8.20. The van der Waals surface area contributed by atoms with Crippen LogP contribution in [-0.4, -0.2) is 58.6 Å². The summed E-state index contributed by atoms with van der Waals surface area (Å²) in [6.45, 7) is 3.49. The minimum Gasteiger partial charge on any atom is -0.436 e. The van der Waals surface area contributed by atoms with Gasteiger partial charge in [-0.2, -0.15) is 13.2 Å². The second-order valence-electron chi connectivity index (χ2n) is 4.70. The molecule has 0 aromatic rings. The molecule has 1 saturated heterocycles. The third-order valence-electron chi connectivity index (χ3n) is 2.76. The average Bonchev–Trinajstić information content (AvgIpc) is 2.63. The van der Waals surface area contributed by atoms with Crippen LogP contribution in [0, 0.1) is 0 Å². The van der Waals surface area contributed by atoms with Gasteiger partial charge in [0.25, 0.3) is 0 Å². The topological polar surface area (TPSA) is 43.4 Å². The first-order valence-electron chi connectivity index (χ1n) is 5.59. The number of rotatable bonds is 3. The van der Waals surface area contributed by atoms with Crippen molar-refractivity contribution in [2.45, 2.75) is 18.3 Å². The smallest absolute Gasteiger partial charge is 0.436 e. The molecule has 1 rings (SSSR count). The van der Waals surface area contributed by atoms with Gasteiger partial charge in [-0.15, -0.1) is 0 Å². The lowest BCUT2D eigenvalue weighted by molar-refractivity contribution is -0.916. The van der Waals surface area contributed by atoms with Crippen LogP contribution in [-0.2, 0) is 14.4 Å². The van der Waals surface area contributed by atoms with Crippen molar-refractivity contribution in [3.63, 3.8) is 0 Å². The lowest BCUT2D eigenvalue weighted by Crippen LogP contribution is -2.42. The van der Waals surface area contributed by atoms with Crippen LogP contribution in [0.3, 0.4) is 0 Å². The minimum atomic E-state index is -6.95. The van der Waals surface area contributed by atoms with Gasteiger partial charge in [0.2, 0.25) is 9.69 Å². The van der Waals surface area contributed by atoms with Gasteiger partial charge in [0.15, 0.2) is 6.73 Å². The van der Waals surface area contributed by atoms with Gasteiger partial charge in [0.05, 0.1) is 20.1 Å². The second kappa shape index (κ2) is 6.52. The summed E-state index contributed by atoms with van der Waals surface area (Å²) in [7, 11) is -2.91. The summed E-state index contributed by atoms with van der Waals surface area (Å²) < 4.78 is 91.5. The van der Waals surface area contributed by atoms with Crippen molar-refractivity contribution in [1.29, 1.82) is 0 Å². The van der Waals surface area contributed by atoms with E-state index in [1.54, 1.807) is 7.11 Å². The molecule has 0 unspecified atom stereocenters. The van der Waals surface area contributed by atoms with Crippen LogP contribution in [0.5, 0.6) is 0 Å². The first kappa shape index (κ1) is 19.5. The first-order chi connectivity index (χ1) is 8.77. The van der Waals surface area contributed by atoms with Crippen molar-refractivity contribution in [1.82, 2.24) is 0 Å². The summed E-state index contributed by atoms with van der Waals surface area (Å²) in [6.07, 6.45) is -4.15. The number of halogens is 6. The molecule has 0 aromatic heterocycles. The Morgan fingerprint density at radius 1 is 1.15 bits per heavy atom. The van der Waals surface area contributed by atoms with Crippen LogP contribution in [0.4, 0.5) is 26.1 Å². The van der Waals surface area contributed by atoms with Gasteiger partial charge >= 0.3 is 11.8 Å². The van der Waals surface area contributed by atoms with E-state index in [1.165, 1.54) is 25.9 Å². The molecule has 0 bridgehead atoms. The second-order valence-corrected chi connectivity index (χ2v) is 6.78. The maximum absolute atomic E-state index is 11.1. The molecule has 0 N–H and O–H groups in total. The summed E-state index contributed by atoms with van der Waals surface area (Å²) in [4.78, 5) is 0. The van der Waals surface area contributed by atoms with Crippen molar-refractivity contribution >= 4 is 15.9 Å². The van der Waals surface area contributed by atoms with E-state index in [4.69, 9.17) is 4.74 Å². The Balaban J connectivity index is 0.000000367. The summed E-state index contributed by atoms with van der Waals surface area (Å²) in [5.74, 6) is 0. The fraction of sp³-hybridized carbons (Fsp3) is 1.00. The van der Waals surface area contributed by atoms with Crippen LogP contribution in [0.2, 0.25) is 0 Å². The monoisotopic (exact) mass is 331 g/mol. The van der Waals surface area contributed by atoms with Crippen LogP contribution in [0.25, 0.3) is 0 Å². The van der Waals surface area contributed by atoms with E-state index < -0.39 is 21.5 Å². The highest BCUT2D eigenvalue weighted by atomic mass is 32.2. The fourth-order valence-electron chi connectivity index (χ4n) is 1.69. The molecular weight excluding hydrogens is 315 g/mol. The van der Waals surface area contributed by atoms with E-state index in [1.807, 2.05) is 0 Å². The molecule has 0 atom stereocenters. The van der Waals surface area contributed by atoms with Crippen LogP contribution >= 0.6 is 0 Å². The van der Waals surface area contributed by atoms with E-state index >= 15 is 0 Å². The number of methoxy groups -OCH3 is 1. The van der Waals surface area contributed by atoms with E-state index in [0.29, 0.717) is 0 Å². The standard InChI is InChI=1S/C7H16NO.CBF6O2S/c1-8(7-9-2)5-3-4-6-8;3-1(4,5)11(9,10)2(6,7)8/h3-7H2,1-2H3;/q+1;-1. The van der Waals surface area contributed by atoms with Crippen molar-refractivity contribution in [3.05, 3.63) is 0 Å². The zero-order valence-corrected chi connectivity index (χ0v) is 11.8. The highest BCUT2D eigenvalue weighted by Gasteiger charge is 2.58. The molecule has 20 heavy (non-hydrogen) atoms. The summed E-state index contributed by atoms with van der Waals surface area (Å²) >= 11 is 0. The molecule has 0 aliphatic carbocycles. The van der Waals surface area contributed by atoms with Crippen molar-refractivity contribution in [3.8, 4) is 0 Å². The maximum Gasteiger partial charge on any atom is 0.616 e. The Labute approximate surface area is 113 Å². The normalized spacial score (nSPS) is 19.4. The molecule has 0 saturated carbocycles. The van der Waals surface area contributed by atoms with E-state index in [9.17, 15) is 34.5 Å². The SMILES string of the molecule is COC[N+]1(C)CCCC1.O=S(=O)([B-](F)(F)F)C(F)(F)F. The first-order valence-corrected chi connectivity index (χ1v) is 7.13. The molecule has 1 heterocycles. The number of hydrogen-bond acceptors (Lipinski definition) is 3. The van der Waals surface area contributed by atoms with E-state index in [2.05, 4.69) is 7.05 Å². The predicted octanol–water partition coefficient (Wildman–Crippen LogP) is 2.10. The Kier molecular flexibility index (Phi) is 6.36. The predicted molar refractivity (Wildman–Crippen MR) is 61.1 cm³/mol. The van der Waals surface area contributed by atoms with Crippen LogP contribution < -0.4 is 0 Å². The quantitative estimate of drug-likeness (QED) is 0.452. The van der Waals surface area contributed by atoms with Gasteiger partial charge in [-0.25, -0.2) is 0 Å². The summed E-state index contributed by atoms with van der Waals surface area (Å²) in [6, 6.07) is 0. The van der Waals surface area contributed by atoms with Gasteiger partial charge in [0.1, 0.15) is 0 Å². The Hall–Kier alpha value is -0.485.